The Morgan fingerprint density at radius 2 is 2.00 bits per heavy atom. The van der Waals surface area contributed by atoms with Crippen LogP contribution in [-0.4, -0.2) is 59.0 Å². The van der Waals surface area contributed by atoms with Crippen molar-refractivity contribution in [2.24, 2.45) is 5.92 Å². The molecule has 2 saturated heterocycles. The van der Waals surface area contributed by atoms with Gasteiger partial charge in [-0.1, -0.05) is 0 Å². The molecule has 96 valence electrons. The molecule has 5 heteroatoms. The molecule has 2 aliphatic heterocycles. The molecule has 2 aliphatic rings. The Balaban J connectivity index is 1.82. The molecule has 0 aromatic rings. The van der Waals surface area contributed by atoms with Gasteiger partial charge in [0.2, 0.25) is 5.91 Å². The van der Waals surface area contributed by atoms with E-state index in [1.54, 1.807) is 0 Å². The normalized spacial score (nSPS) is 29.8. The van der Waals surface area contributed by atoms with Crippen LogP contribution in [0.3, 0.4) is 0 Å². The summed E-state index contributed by atoms with van der Waals surface area (Å²) in [5.41, 5.74) is 0. The summed E-state index contributed by atoms with van der Waals surface area (Å²) in [7, 11) is 0. The lowest BCUT2D eigenvalue weighted by Gasteiger charge is -2.38. The molecular weight excluding hydrogens is 220 g/mol. The zero-order chi connectivity index (χ0) is 12.4. The van der Waals surface area contributed by atoms with Crippen molar-refractivity contribution in [3.8, 4) is 0 Å². The molecular formula is C12H20N2O3. The van der Waals surface area contributed by atoms with Gasteiger partial charge in [0.25, 0.3) is 0 Å². The number of aliphatic carboxylic acids is 1. The molecule has 2 rings (SSSR count). The van der Waals surface area contributed by atoms with Crippen LogP contribution < -0.4 is 0 Å². The van der Waals surface area contributed by atoms with Crippen molar-refractivity contribution >= 4 is 11.9 Å². The van der Waals surface area contributed by atoms with Crippen molar-refractivity contribution in [2.75, 3.05) is 26.2 Å². The van der Waals surface area contributed by atoms with Gasteiger partial charge in [-0.05, 0) is 32.7 Å². The first-order valence-corrected chi connectivity index (χ1v) is 6.32. The predicted octanol–water partition coefficient (Wildman–Crippen LogP) is 0.404. The molecule has 5 nitrogen and oxygen atoms in total. The van der Waals surface area contributed by atoms with Gasteiger partial charge in [0.05, 0.1) is 12.5 Å². The Labute approximate surface area is 101 Å². The number of hydrogen-bond acceptors (Lipinski definition) is 3. The van der Waals surface area contributed by atoms with Crippen molar-refractivity contribution in [3.05, 3.63) is 0 Å². The van der Waals surface area contributed by atoms with Gasteiger partial charge in [0, 0.05) is 19.1 Å². The van der Waals surface area contributed by atoms with Gasteiger partial charge < -0.3 is 10.0 Å². The van der Waals surface area contributed by atoms with Gasteiger partial charge in [0.15, 0.2) is 0 Å². The number of piperidine rings is 1. The van der Waals surface area contributed by atoms with E-state index in [-0.39, 0.29) is 17.9 Å². The maximum Gasteiger partial charge on any atom is 0.306 e. The maximum atomic E-state index is 11.8. The smallest absolute Gasteiger partial charge is 0.306 e. The molecule has 0 radical (unpaired) electrons. The van der Waals surface area contributed by atoms with Crippen LogP contribution in [0, 0.1) is 5.92 Å². The largest absolute Gasteiger partial charge is 0.481 e. The van der Waals surface area contributed by atoms with E-state index in [2.05, 4.69) is 4.90 Å². The Hall–Kier alpha value is -1.10. The lowest BCUT2D eigenvalue weighted by Crippen LogP contribution is -2.51. The zero-order valence-corrected chi connectivity index (χ0v) is 10.3. The topological polar surface area (TPSA) is 60.9 Å². The zero-order valence-electron chi connectivity index (χ0n) is 10.3. The Morgan fingerprint density at radius 1 is 1.29 bits per heavy atom. The van der Waals surface area contributed by atoms with Crippen LogP contribution in [0.25, 0.3) is 0 Å². The fraction of sp³-hybridized carbons (Fsp3) is 0.833. The quantitative estimate of drug-likeness (QED) is 0.776. The van der Waals surface area contributed by atoms with E-state index >= 15 is 0 Å². The monoisotopic (exact) mass is 240 g/mol. The van der Waals surface area contributed by atoms with Gasteiger partial charge >= 0.3 is 5.97 Å². The molecule has 0 bridgehead atoms. The Kier molecular flexibility index (Phi) is 3.66. The number of carbonyl (C=O) groups is 2. The highest BCUT2D eigenvalue weighted by Gasteiger charge is 2.32. The summed E-state index contributed by atoms with van der Waals surface area (Å²) in [5, 5.41) is 8.97. The number of amides is 1. The van der Waals surface area contributed by atoms with Gasteiger partial charge in [-0.3, -0.25) is 14.5 Å². The first kappa shape index (κ1) is 12.4. The second-order valence-corrected chi connectivity index (χ2v) is 5.11. The summed E-state index contributed by atoms with van der Waals surface area (Å²) in [6.07, 6.45) is 2.43. The molecule has 0 aromatic carbocycles. The fourth-order valence-electron chi connectivity index (χ4n) is 2.52. The maximum absolute atomic E-state index is 11.8. The van der Waals surface area contributed by atoms with Crippen LogP contribution in [0.4, 0.5) is 0 Å². The average Bonchev–Trinajstić information content (AvgIpc) is 2.18. The molecule has 2 atom stereocenters. The third kappa shape index (κ3) is 2.77. The first-order valence-electron chi connectivity index (χ1n) is 6.32. The molecule has 1 amide bonds. The number of carboxylic acids is 1. The standard InChI is InChI=1S/C12H20N2O3/c1-9-7-10(12(16)17)3-6-14(9)8-11(15)13-4-2-5-13/h9-10H,2-8H2,1H3,(H,16,17). The summed E-state index contributed by atoms with van der Waals surface area (Å²) in [5.74, 6) is -0.747. The minimum Gasteiger partial charge on any atom is -0.481 e. The number of carboxylic acid groups (broad SMARTS) is 1. The highest BCUT2D eigenvalue weighted by molar-refractivity contribution is 5.79. The minimum absolute atomic E-state index is 0.190. The van der Waals surface area contributed by atoms with Gasteiger partial charge in [0.1, 0.15) is 0 Å². The van der Waals surface area contributed by atoms with Crippen LogP contribution in [0.15, 0.2) is 0 Å². The molecule has 17 heavy (non-hydrogen) atoms. The fourth-order valence-corrected chi connectivity index (χ4v) is 2.52. The van der Waals surface area contributed by atoms with Gasteiger partial charge in [-0.2, -0.15) is 0 Å². The SMILES string of the molecule is CC1CC(C(=O)O)CCN1CC(=O)N1CCC1. The van der Waals surface area contributed by atoms with Crippen LogP contribution in [0.5, 0.6) is 0 Å². The van der Waals surface area contributed by atoms with Crippen molar-refractivity contribution in [2.45, 2.75) is 32.2 Å². The third-order valence-corrected chi connectivity index (χ3v) is 3.91. The summed E-state index contributed by atoms with van der Waals surface area (Å²) in [6, 6.07) is 0.190. The van der Waals surface area contributed by atoms with Crippen LogP contribution >= 0.6 is 0 Å². The first-order chi connectivity index (χ1) is 8.08. The number of likely N-dealkylation sites (tertiary alicyclic amines) is 2. The highest BCUT2D eigenvalue weighted by atomic mass is 16.4. The minimum atomic E-state index is -0.703. The molecule has 0 saturated carbocycles. The van der Waals surface area contributed by atoms with E-state index in [4.69, 9.17) is 5.11 Å². The van der Waals surface area contributed by atoms with Gasteiger partial charge in [-0.15, -0.1) is 0 Å². The van der Waals surface area contributed by atoms with E-state index in [0.717, 1.165) is 26.1 Å². The van der Waals surface area contributed by atoms with Gasteiger partial charge in [-0.25, -0.2) is 0 Å². The second-order valence-electron chi connectivity index (χ2n) is 5.11. The van der Waals surface area contributed by atoms with Crippen molar-refractivity contribution in [1.29, 1.82) is 0 Å². The summed E-state index contributed by atoms with van der Waals surface area (Å²) >= 11 is 0. The number of hydrogen-bond donors (Lipinski definition) is 1. The van der Waals surface area contributed by atoms with E-state index in [1.165, 1.54) is 0 Å². The van der Waals surface area contributed by atoms with Crippen LogP contribution in [-0.2, 0) is 9.59 Å². The van der Waals surface area contributed by atoms with Crippen molar-refractivity contribution in [1.82, 2.24) is 9.80 Å². The summed E-state index contributed by atoms with van der Waals surface area (Å²) in [6.45, 7) is 4.96. The average molecular weight is 240 g/mol. The number of carbonyl (C=O) groups excluding carboxylic acids is 1. The lowest BCUT2D eigenvalue weighted by molar-refractivity contribution is -0.144. The summed E-state index contributed by atoms with van der Waals surface area (Å²) in [4.78, 5) is 26.7. The molecule has 2 unspecified atom stereocenters. The molecule has 2 fully saturated rings. The van der Waals surface area contributed by atoms with Crippen molar-refractivity contribution in [3.63, 3.8) is 0 Å². The molecule has 1 N–H and O–H groups in total. The second kappa shape index (κ2) is 5.04. The lowest BCUT2D eigenvalue weighted by atomic mass is 9.92. The van der Waals surface area contributed by atoms with E-state index < -0.39 is 5.97 Å². The molecule has 0 spiro atoms. The Bertz CT molecular complexity index is 315. The molecule has 2 heterocycles. The predicted molar refractivity (Wildman–Crippen MR) is 62.6 cm³/mol. The van der Waals surface area contributed by atoms with Crippen LogP contribution in [0.2, 0.25) is 0 Å². The van der Waals surface area contributed by atoms with E-state index in [9.17, 15) is 9.59 Å². The molecule has 0 aromatic heterocycles. The number of nitrogens with zero attached hydrogens (tertiary/aromatic N) is 2. The van der Waals surface area contributed by atoms with Crippen LogP contribution in [0.1, 0.15) is 26.2 Å². The highest BCUT2D eigenvalue weighted by Crippen LogP contribution is 2.23. The van der Waals surface area contributed by atoms with E-state index in [1.807, 2.05) is 11.8 Å². The number of rotatable bonds is 3. The third-order valence-electron chi connectivity index (χ3n) is 3.91. The molecule has 0 aliphatic carbocycles. The van der Waals surface area contributed by atoms with Crippen molar-refractivity contribution < 1.29 is 14.7 Å². The summed E-state index contributed by atoms with van der Waals surface area (Å²) < 4.78 is 0. The Morgan fingerprint density at radius 3 is 2.47 bits per heavy atom. The van der Waals surface area contributed by atoms with E-state index in [0.29, 0.717) is 19.4 Å².